The molecule has 0 spiro atoms. The zero-order chi connectivity index (χ0) is 25.4. The van der Waals surface area contributed by atoms with Gasteiger partial charge < -0.3 is 19.5 Å². The highest BCUT2D eigenvalue weighted by atomic mass is 79.9. The molecular weight excluding hydrogens is 545 g/mol. The number of anilines is 1. The number of carbonyl (C=O) groups excluding carboxylic acids is 2. The Kier molecular flexibility index (Phi) is 9.04. The molecule has 0 atom stereocenters. The number of hydrogen-bond acceptors (Lipinski definition) is 6. The molecule has 0 bridgehead atoms. The number of nitrogens with one attached hydrogen (secondary N) is 2. The van der Waals surface area contributed by atoms with Crippen LogP contribution in [0.4, 0.5) is 10.1 Å². The van der Waals surface area contributed by atoms with Crippen molar-refractivity contribution in [1.29, 1.82) is 0 Å². The van der Waals surface area contributed by atoms with Crippen molar-refractivity contribution in [3.8, 4) is 17.2 Å². The maximum Gasteiger partial charge on any atom is 0.329 e. The first kappa shape index (κ1) is 26.0. The van der Waals surface area contributed by atoms with Gasteiger partial charge in [0, 0.05) is 5.56 Å². The third-order valence-electron chi connectivity index (χ3n) is 4.62. The van der Waals surface area contributed by atoms with E-state index in [0.29, 0.717) is 33.0 Å². The van der Waals surface area contributed by atoms with Crippen LogP contribution in [0.25, 0.3) is 0 Å². The van der Waals surface area contributed by atoms with E-state index in [-0.39, 0.29) is 17.2 Å². The highest BCUT2D eigenvalue weighted by Crippen LogP contribution is 2.37. The van der Waals surface area contributed by atoms with Crippen molar-refractivity contribution in [2.75, 3.05) is 19.5 Å². The fourth-order valence-electron chi connectivity index (χ4n) is 2.91. The minimum Gasteiger partial charge on any atom is -0.495 e. The molecule has 8 nitrogen and oxygen atoms in total. The number of halogens is 3. The molecule has 2 amide bonds. The van der Waals surface area contributed by atoms with Crippen LogP contribution in [0.15, 0.2) is 64.2 Å². The summed E-state index contributed by atoms with van der Waals surface area (Å²) in [6.07, 6.45) is 1.32. The Morgan fingerprint density at radius 1 is 1.06 bits per heavy atom. The topological polar surface area (TPSA) is 98.2 Å². The number of hydrazone groups is 1. The van der Waals surface area contributed by atoms with Crippen molar-refractivity contribution < 1.29 is 28.2 Å². The summed E-state index contributed by atoms with van der Waals surface area (Å²) in [4.78, 5) is 24.2. The maximum atomic E-state index is 14.0. The molecule has 0 aliphatic heterocycles. The van der Waals surface area contributed by atoms with E-state index in [1.165, 1.54) is 32.6 Å². The summed E-state index contributed by atoms with van der Waals surface area (Å²) in [7, 11) is 2.89. The van der Waals surface area contributed by atoms with Crippen LogP contribution in [0.1, 0.15) is 11.1 Å². The van der Waals surface area contributed by atoms with E-state index in [2.05, 4.69) is 31.8 Å². The highest BCUT2D eigenvalue weighted by Gasteiger charge is 2.16. The molecule has 0 heterocycles. The number of nitrogens with zero attached hydrogens (tertiary/aromatic N) is 1. The van der Waals surface area contributed by atoms with Crippen LogP contribution in [-0.2, 0) is 16.2 Å². The smallest absolute Gasteiger partial charge is 0.329 e. The summed E-state index contributed by atoms with van der Waals surface area (Å²) in [6.45, 7) is -0.120. The molecule has 35 heavy (non-hydrogen) atoms. The molecule has 0 saturated carbocycles. The lowest BCUT2D eigenvalue weighted by Gasteiger charge is -2.14. The van der Waals surface area contributed by atoms with Crippen LogP contribution in [-0.4, -0.2) is 32.2 Å². The van der Waals surface area contributed by atoms with Crippen molar-refractivity contribution >= 4 is 51.2 Å². The first-order chi connectivity index (χ1) is 16.8. The number of hydrogen-bond donors (Lipinski definition) is 2. The van der Waals surface area contributed by atoms with Crippen LogP contribution in [0.3, 0.4) is 0 Å². The lowest BCUT2D eigenvalue weighted by molar-refractivity contribution is -0.136. The van der Waals surface area contributed by atoms with Gasteiger partial charge in [-0.25, -0.2) is 9.82 Å². The van der Waals surface area contributed by atoms with Gasteiger partial charge in [0.2, 0.25) is 0 Å². The zero-order valence-electron chi connectivity index (χ0n) is 18.6. The minimum absolute atomic E-state index is 0.120. The Labute approximate surface area is 214 Å². The molecule has 0 aromatic heterocycles. The lowest BCUT2D eigenvalue weighted by Crippen LogP contribution is -2.32. The summed E-state index contributed by atoms with van der Waals surface area (Å²) in [5, 5.41) is 6.50. The molecule has 0 fully saturated rings. The number of carbonyl (C=O) groups is 2. The summed E-state index contributed by atoms with van der Waals surface area (Å²) < 4.78 is 30.8. The van der Waals surface area contributed by atoms with Crippen LogP contribution in [0.2, 0.25) is 5.02 Å². The van der Waals surface area contributed by atoms with Crippen molar-refractivity contribution in [3.05, 3.63) is 81.0 Å². The van der Waals surface area contributed by atoms with Crippen LogP contribution < -0.4 is 25.0 Å². The molecular formula is C24H20BrClFN3O5. The van der Waals surface area contributed by atoms with Gasteiger partial charge in [-0.15, -0.1) is 0 Å². The van der Waals surface area contributed by atoms with Crippen LogP contribution in [0, 0.1) is 5.82 Å². The van der Waals surface area contributed by atoms with Gasteiger partial charge in [-0.1, -0.05) is 29.8 Å². The predicted molar refractivity (Wildman–Crippen MR) is 134 cm³/mol. The van der Waals surface area contributed by atoms with Gasteiger partial charge in [0.15, 0.2) is 11.5 Å². The number of para-hydroxylation sites is 2. The first-order valence-electron chi connectivity index (χ1n) is 10.0. The normalized spacial score (nSPS) is 10.7. The van der Waals surface area contributed by atoms with E-state index in [1.807, 2.05) is 0 Å². The van der Waals surface area contributed by atoms with E-state index < -0.39 is 17.6 Å². The quantitative estimate of drug-likeness (QED) is 0.230. The molecule has 11 heteroatoms. The van der Waals surface area contributed by atoms with Crippen molar-refractivity contribution in [2.24, 2.45) is 5.10 Å². The largest absolute Gasteiger partial charge is 0.495 e. The van der Waals surface area contributed by atoms with Crippen molar-refractivity contribution in [1.82, 2.24) is 5.43 Å². The van der Waals surface area contributed by atoms with Gasteiger partial charge in [-0.3, -0.25) is 9.59 Å². The van der Waals surface area contributed by atoms with Crippen LogP contribution in [0.5, 0.6) is 17.2 Å². The molecule has 0 aliphatic carbocycles. The van der Waals surface area contributed by atoms with E-state index in [9.17, 15) is 14.0 Å². The summed E-state index contributed by atoms with van der Waals surface area (Å²) in [6, 6.07) is 14.3. The Bertz CT molecular complexity index is 1250. The molecule has 0 aliphatic rings. The standard InChI is InChI=1S/C24H20BrClFN3O5/c1-33-20-9-4-3-8-19(20)29-23(31)24(32)30-28-12-14-10-16(25)22(21(11-14)34-2)35-13-15-17(26)6-5-7-18(15)27/h3-12H,13H2,1-2H3,(H,29,31)(H,30,32). The van der Waals surface area contributed by atoms with E-state index in [4.69, 9.17) is 25.8 Å². The molecule has 3 rings (SSSR count). The molecule has 2 N–H and O–H groups in total. The Balaban J connectivity index is 1.66. The summed E-state index contributed by atoms with van der Waals surface area (Å²) in [5.74, 6) is -1.31. The number of benzene rings is 3. The van der Waals surface area contributed by atoms with Crippen LogP contribution >= 0.6 is 27.5 Å². The summed E-state index contributed by atoms with van der Waals surface area (Å²) in [5.41, 5.74) is 3.24. The molecule has 0 saturated heterocycles. The second-order valence-corrected chi connectivity index (χ2v) is 8.14. The second-order valence-electron chi connectivity index (χ2n) is 6.88. The monoisotopic (exact) mass is 563 g/mol. The fraction of sp³-hybridized carbons (Fsp3) is 0.125. The van der Waals surface area contributed by atoms with Gasteiger partial charge in [0.05, 0.1) is 35.6 Å². The Morgan fingerprint density at radius 3 is 2.51 bits per heavy atom. The second kappa shape index (κ2) is 12.2. The summed E-state index contributed by atoms with van der Waals surface area (Å²) >= 11 is 9.44. The lowest BCUT2D eigenvalue weighted by atomic mass is 10.2. The van der Waals surface area contributed by atoms with E-state index in [1.54, 1.807) is 42.5 Å². The van der Waals surface area contributed by atoms with Gasteiger partial charge in [-0.05, 0) is 57.9 Å². The minimum atomic E-state index is -0.972. The first-order valence-corrected chi connectivity index (χ1v) is 11.2. The van der Waals surface area contributed by atoms with Gasteiger partial charge >= 0.3 is 11.8 Å². The average Bonchev–Trinajstić information content (AvgIpc) is 2.84. The number of amides is 2. The van der Waals surface area contributed by atoms with Crippen molar-refractivity contribution in [3.63, 3.8) is 0 Å². The molecule has 3 aromatic carbocycles. The Hall–Kier alpha value is -3.63. The molecule has 182 valence electrons. The maximum absolute atomic E-state index is 14.0. The van der Waals surface area contributed by atoms with Crippen molar-refractivity contribution in [2.45, 2.75) is 6.61 Å². The molecule has 0 radical (unpaired) electrons. The van der Waals surface area contributed by atoms with E-state index in [0.717, 1.165) is 0 Å². The predicted octanol–water partition coefficient (Wildman–Crippen LogP) is 4.93. The molecule has 0 unspecified atom stereocenters. The molecule has 3 aromatic rings. The SMILES string of the molecule is COc1ccccc1NC(=O)C(=O)NN=Cc1cc(Br)c(OCc2c(F)cccc2Cl)c(OC)c1. The third-order valence-corrected chi connectivity index (χ3v) is 5.56. The number of methoxy groups -OCH3 is 2. The highest BCUT2D eigenvalue weighted by molar-refractivity contribution is 9.10. The Morgan fingerprint density at radius 2 is 1.80 bits per heavy atom. The van der Waals surface area contributed by atoms with Gasteiger partial charge in [0.1, 0.15) is 18.2 Å². The van der Waals surface area contributed by atoms with Gasteiger partial charge in [0.25, 0.3) is 0 Å². The fourth-order valence-corrected chi connectivity index (χ4v) is 3.70. The van der Waals surface area contributed by atoms with Gasteiger partial charge in [-0.2, -0.15) is 5.10 Å². The number of rotatable bonds is 8. The zero-order valence-corrected chi connectivity index (χ0v) is 20.9. The number of ether oxygens (including phenoxy) is 3. The average molecular weight is 565 g/mol. The third kappa shape index (κ3) is 6.71. The van der Waals surface area contributed by atoms with E-state index >= 15 is 0 Å².